The van der Waals surface area contributed by atoms with Crippen LogP contribution in [0.25, 0.3) is 0 Å². The molecule has 0 saturated carbocycles. The van der Waals surface area contributed by atoms with Gasteiger partial charge in [0.15, 0.2) is 0 Å². The average molecular weight is 225 g/mol. The topological polar surface area (TPSA) is 81.1 Å². The third-order valence-corrected chi connectivity index (χ3v) is 2.95. The molecule has 1 aromatic rings. The Morgan fingerprint density at radius 1 is 1.40 bits per heavy atom. The number of hydrazine groups is 1. The van der Waals surface area contributed by atoms with E-state index in [2.05, 4.69) is 5.43 Å². The molecule has 82 valence electrons. The first-order valence-corrected chi connectivity index (χ1v) is 5.81. The molecule has 0 heterocycles. The molecule has 0 aromatic heterocycles. The van der Waals surface area contributed by atoms with Crippen molar-refractivity contribution in [1.29, 1.82) is 0 Å². The van der Waals surface area contributed by atoms with E-state index in [1.807, 2.05) is 18.2 Å². The zero-order valence-electron chi connectivity index (χ0n) is 8.40. The lowest BCUT2D eigenvalue weighted by molar-refractivity contribution is 0.0953. The normalized spacial score (nSPS) is 10.0. The van der Waals surface area contributed by atoms with Gasteiger partial charge in [0, 0.05) is 23.6 Å². The van der Waals surface area contributed by atoms with Crippen molar-refractivity contribution in [3.05, 3.63) is 35.4 Å². The Bertz CT molecular complexity index is 330. The number of rotatable bonds is 5. The van der Waals surface area contributed by atoms with Crippen molar-refractivity contribution in [3.63, 3.8) is 0 Å². The fourth-order valence-corrected chi connectivity index (χ4v) is 1.99. The summed E-state index contributed by atoms with van der Waals surface area (Å²) in [4.78, 5) is 11.4. The lowest BCUT2D eigenvalue weighted by Crippen LogP contribution is -2.30. The molecule has 4 nitrogen and oxygen atoms in total. The van der Waals surface area contributed by atoms with Crippen LogP contribution >= 0.6 is 11.8 Å². The number of thioether (sulfide) groups is 1. The lowest BCUT2D eigenvalue weighted by Gasteiger charge is -2.07. The van der Waals surface area contributed by atoms with Crippen LogP contribution in [-0.4, -0.2) is 18.2 Å². The number of carbonyl (C=O) groups excluding carboxylic acids is 1. The molecule has 1 rings (SSSR count). The fraction of sp³-hybridized carbons (Fsp3) is 0.300. The van der Waals surface area contributed by atoms with Gasteiger partial charge >= 0.3 is 0 Å². The van der Waals surface area contributed by atoms with Crippen molar-refractivity contribution in [3.8, 4) is 0 Å². The zero-order chi connectivity index (χ0) is 11.1. The average Bonchev–Trinajstić information content (AvgIpc) is 2.29. The third kappa shape index (κ3) is 3.54. The molecule has 5 N–H and O–H groups in total. The third-order valence-electron chi connectivity index (χ3n) is 1.91. The predicted octanol–water partition coefficient (Wildman–Crippen LogP) is 0.482. The van der Waals surface area contributed by atoms with Crippen LogP contribution in [0, 0.1) is 0 Å². The molecule has 0 radical (unpaired) electrons. The van der Waals surface area contributed by atoms with Gasteiger partial charge in [-0.1, -0.05) is 18.2 Å². The van der Waals surface area contributed by atoms with Gasteiger partial charge in [-0.3, -0.25) is 10.2 Å². The number of nitrogens with two attached hydrogens (primary N) is 2. The summed E-state index contributed by atoms with van der Waals surface area (Å²) < 4.78 is 0. The highest BCUT2D eigenvalue weighted by atomic mass is 32.2. The first-order chi connectivity index (χ1) is 7.29. The van der Waals surface area contributed by atoms with Crippen LogP contribution in [0.15, 0.2) is 24.3 Å². The van der Waals surface area contributed by atoms with Crippen molar-refractivity contribution in [1.82, 2.24) is 5.43 Å². The van der Waals surface area contributed by atoms with Crippen molar-refractivity contribution in [2.24, 2.45) is 11.6 Å². The van der Waals surface area contributed by atoms with Gasteiger partial charge in [0.1, 0.15) is 0 Å². The summed E-state index contributed by atoms with van der Waals surface area (Å²) >= 11 is 1.70. The Balaban J connectivity index is 2.73. The van der Waals surface area contributed by atoms with E-state index in [4.69, 9.17) is 11.6 Å². The maximum Gasteiger partial charge on any atom is 0.265 e. The minimum atomic E-state index is -0.251. The van der Waals surface area contributed by atoms with E-state index in [9.17, 15) is 4.79 Å². The standard InChI is InChI=1S/C10H15N3OS/c11-5-6-15-7-8-3-1-2-4-9(8)10(14)13-12/h1-4H,5-7,11-12H2,(H,13,14). The minimum absolute atomic E-state index is 0.251. The predicted molar refractivity (Wildman–Crippen MR) is 63.3 cm³/mol. The Labute approximate surface area is 93.4 Å². The summed E-state index contributed by atoms with van der Waals surface area (Å²) in [6.45, 7) is 0.649. The summed E-state index contributed by atoms with van der Waals surface area (Å²) in [7, 11) is 0. The Morgan fingerprint density at radius 3 is 2.80 bits per heavy atom. The second-order valence-electron chi connectivity index (χ2n) is 2.97. The molecule has 5 heteroatoms. The van der Waals surface area contributed by atoms with Crippen molar-refractivity contribution in [2.75, 3.05) is 12.3 Å². The zero-order valence-corrected chi connectivity index (χ0v) is 9.22. The molecule has 1 aromatic carbocycles. The molecule has 0 aliphatic heterocycles. The van der Waals surface area contributed by atoms with Crippen LogP contribution in [-0.2, 0) is 5.75 Å². The van der Waals surface area contributed by atoms with E-state index in [0.29, 0.717) is 12.1 Å². The minimum Gasteiger partial charge on any atom is -0.330 e. The van der Waals surface area contributed by atoms with Crippen LogP contribution in [0.3, 0.4) is 0 Å². The molecule has 0 saturated heterocycles. The summed E-state index contributed by atoms with van der Waals surface area (Å²) in [5.74, 6) is 6.52. The van der Waals surface area contributed by atoms with E-state index < -0.39 is 0 Å². The second kappa shape index (κ2) is 6.44. The van der Waals surface area contributed by atoms with Gasteiger partial charge in [0.25, 0.3) is 5.91 Å². The molecule has 0 bridgehead atoms. The summed E-state index contributed by atoms with van der Waals surface area (Å²) in [5.41, 5.74) is 9.15. The summed E-state index contributed by atoms with van der Waals surface area (Å²) in [6, 6.07) is 7.42. The number of benzene rings is 1. The van der Waals surface area contributed by atoms with Crippen LogP contribution in [0.2, 0.25) is 0 Å². The maximum absolute atomic E-state index is 11.4. The Morgan fingerprint density at radius 2 is 2.13 bits per heavy atom. The number of nitrogen functional groups attached to an aromatic ring is 1. The molecule has 0 unspecified atom stereocenters. The highest BCUT2D eigenvalue weighted by Gasteiger charge is 2.08. The molecule has 0 fully saturated rings. The molecular weight excluding hydrogens is 210 g/mol. The quantitative estimate of drug-likeness (QED) is 0.295. The van der Waals surface area contributed by atoms with E-state index >= 15 is 0 Å². The maximum atomic E-state index is 11.4. The monoisotopic (exact) mass is 225 g/mol. The van der Waals surface area contributed by atoms with Crippen LogP contribution in [0.5, 0.6) is 0 Å². The summed E-state index contributed by atoms with van der Waals surface area (Å²) in [5, 5.41) is 0. The van der Waals surface area contributed by atoms with E-state index in [1.54, 1.807) is 17.8 Å². The Kier molecular flexibility index (Phi) is 5.17. The van der Waals surface area contributed by atoms with Crippen LogP contribution < -0.4 is 17.0 Å². The van der Waals surface area contributed by atoms with E-state index in [0.717, 1.165) is 17.1 Å². The number of carbonyl (C=O) groups is 1. The second-order valence-corrected chi connectivity index (χ2v) is 4.08. The highest BCUT2D eigenvalue weighted by Crippen LogP contribution is 2.15. The molecule has 0 aliphatic rings. The van der Waals surface area contributed by atoms with Gasteiger partial charge in [0.2, 0.25) is 0 Å². The molecule has 0 spiro atoms. The van der Waals surface area contributed by atoms with Gasteiger partial charge in [-0.25, -0.2) is 5.84 Å². The van der Waals surface area contributed by atoms with Gasteiger partial charge < -0.3 is 5.73 Å². The number of hydrogen-bond donors (Lipinski definition) is 3. The van der Waals surface area contributed by atoms with Crippen molar-refractivity contribution in [2.45, 2.75) is 5.75 Å². The first-order valence-electron chi connectivity index (χ1n) is 4.66. The molecule has 0 aliphatic carbocycles. The molecule has 15 heavy (non-hydrogen) atoms. The van der Waals surface area contributed by atoms with E-state index in [-0.39, 0.29) is 5.91 Å². The van der Waals surface area contributed by atoms with Gasteiger partial charge in [0.05, 0.1) is 0 Å². The highest BCUT2D eigenvalue weighted by molar-refractivity contribution is 7.98. The summed E-state index contributed by atoms with van der Waals surface area (Å²) in [6.07, 6.45) is 0. The molecule has 0 atom stereocenters. The number of hydrogen-bond acceptors (Lipinski definition) is 4. The smallest absolute Gasteiger partial charge is 0.265 e. The fourth-order valence-electron chi connectivity index (χ4n) is 1.21. The van der Waals surface area contributed by atoms with Gasteiger partial charge in [-0.2, -0.15) is 11.8 Å². The van der Waals surface area contributed by atoms with Gasteiger partial charge in [-0.05, 0) is 11.6 Å². The number of nitrogens with one attached hydrogen (secondary N) is 1. The van der Waals surface area contributed by atoms with E-state index in [1.165, 1.54) is 0 Å². The first kappa shape index (κ1) is 12.0. The lowest BCUT2D eigenvalue weighted by atomic mass is 10.1. The largest absolute Gasteiger partial charge is 0.330 e. The molecule has 1 amide bonds. The van der Waals surface area contributed by atoms with Crippen molar-refractivity contribution >= 4 is 17.7 Å². The van der Waals surface area contributed by atoms with Gasteiger partial charge in [-0.15, -0.1) is 0 Å². The van der Waals surface area contributed by atoms with Crippen molar-refractivity contribution < 1.29 is 4.79 Å². The molecular formula is C10H15N3OS. The number of amides is 1. The van der Waals surface area contributed by atoms with Crippen LogP contribution in [0.4, 0.5) is 0 Å². The Hall–Kier alpha value is -1.04. The van der Waals surface area contributed by atoms with Crippen LogP contribution in [0.1, 0.15) is 15.9 Å². The SMILES string of the molecule is NCCSCc1ccccc1C(=O)NN.